The number of Topliss-reactive ketones (excluding diaryl/α,β-unsaturated/α-hetero) is 1. The van der Waals surface area contributed by atoms with Crippen LogP contribution in [-0.4, -0.2) is 16.9 Å². The highest BCUT2D eigenvalue weighted by Crippen LogP contribution is 2.41. The average molecular weight is 349 g/mol. The Kier molecular flexibility index (Phi) is 3.95. The summed E-state index contributed by atoms with van der Waals surface area (Å²) >= 11 is 1.43. The normalized spacial score (nSPS) is 11.9. The topological polar surface area (TPSA) is 30.0 Å². The first kappa shape index (κ1) is 16.6. The van der Waals surface area contributed by atoms with Crippen molar-refractivity contribution in [1.82, 2.24) is 4.98 Å². The second kappa shape index (κ2) is 5.70. The van der Waals surface area contributed by atoms with E-state index >= 15 is 0 Å². The standard InChI is InChI=1S/C18H14F3NOS/c1-9-11(3)24-17-13(9)15(12-7-5-4-6-8-12)14(10(2)22-17)16(23)18(19,20)21/h4-8H,1-3H3. The van der Waals surface area contributed by atoms with E-state index in [2.05, 4.69) is 4.98 Å². The molecule has 0 atom stereocenters. The lowest BCUT2D eigenvalue weighted by Gasteiger charge is -2.15. The van der Waals surface area contributed by atoms with Crippen LogP contribution in [0.1, 0.15) is 26.5 Å². The number of halogens is 3. The lowest BCUT2D eigenvalue weighted by Crippen LogP contribution is -2.25. The molecule has 0 saturated heterocycles. The van der Waals surface area contributed by atoms with Crippen molar-refractivity contribution in [3.8, 4) is 11.1 Å². The summed E-state index contributed by atoms with van der Waals surface area (Å²) in [5.74, 6) is -1.85. The summed E-state index contributed by atoms with van der Waals surface area (Å²) in [6, 6.07) is 8.70. The van der Waals surface area contributed by atoms with E-state index in [4.69, 9.17) is 0 Å². The average Bonchev–Trinajstić information content (AvgIpc) is 2.79. The van der Waals surface area contributed by atoms with Gasteiger partial charge in [-0.05, 0) is 31.9 Å². The van der Waals surface area contributed by atoms with Gasteiger partial charge in [0.1, 0.15) is 4.83 Å². The van der Waals surface area contributed by atoms with Crippen molar-refractivity contribution in [1.29, 1.82) is 0 Å². The molecule has 0 aliphatic carbocycles. The molecular formula is C18H14F3NOS. The largest absolute Gasteiger partial charge is 0.454 e. The molecule has 0 spiro atoms. The van der Waals surface area contributed by atoms with Gasteiger partial charge in [-0.15, -0.1) is 11.3 Å². The molecule has 0 N–H and O–H groups in total. The number of benzene rings is 1. The third kappa shape index (κ3) is 2.60. The summed E-state index contributed by atoms with van der Waals surface area (Å²) in [5.41, 5.74) is 1.51. The van der Waals surface area contributed by atoms with Gasteiger partial charge in [0.15, 0.2) is 0 Å². The molecule has 0 unspecified atom stereocenters. The second-order valence-corrected chi connectivity index (χ2v) is 6.81. The molecule has 1 aromatic carbocycles. The summed E-state index contributed by atoms with van der Waals surface area (Å²) < 4.78 is 39.4. The van der Waals surface area contributed by atoms with Gasteiger partial charge in [0, 0.05) is 15.8 Å². The molecular weight excluding hydrogens is 335 g/mol. The van der Waals surface area contributed by atoms with Crippen LogP contribution in [0.25, 0.3) is 21.3 Å². The summed E-state index contributed by atoms with van der Waals surface area (Å²) in [6.07, 6.45) is -4.94. The van der Waals surface area contributed by atoms with Crippen molar-refractivity contribution in [2.24, 2.45) is 0 Å². The van der Waals surface area contributed by atoms with Gasteiger partial charge >= 0.3 is 6.18 Å². The number of aryl methyl sites for hydroxylation is 3. The van der Waals surface area contributed by atoms with Crippen LogP contribution < -0.4 is 0 Å². The maximum atomic E-state index is 13.1. The minimum atomic E-state index is -4.94. The van der Waals surface area contributed by atoms with Crippen LogP contribution >= 0.6 is 11.3 Å². The number of carbonyl (C=O) groups excluding carboxylic acids is 1. The highest BCUT2D eigenvalue weighted by Gasteiger charge is 2.42. The van der Waals surface area contributed by atoms with Gasteiger partial charge in [0.2, 0.25) is 0 Å². The lowest BCUT2D eigenvalue weighted by atomic mass is 9.92. The number of alkyl halides is 3. The molecule has 6 heteroatoms. The van der Waals surface area contributed by atoms with E-state index in [1.165, 1.54) is 18.3 Å². The van der Waals surface area contributed by atoms with Crippen molar-refractivity contribution in [2.45, 2.75) is 26.9 Å². The molecule has 0 fully saturated rings. The lowest BCUT2D eigenvalue weighted by molar-refractivity contribution is -0.0885. The minimum absolute atomic E-state index is 0.102. The Morgan fingerprint density at radius 1 is 1.08 bits per heavy atom. The Hall–Kier alpha value is -2.21. The van der Waals surface area contributed by atoms with Crippen molar-refractivity contribution in [3.63, 3.8) is 0 Å². The maximum Gasteiger partial charge on any atom is 0.454 e. The van der Waals surface area contributed by atoms with E-state index in [0.29, 0.717) is 21.3 Å². The van der Waals surface area contributed by atoms with Gasteiger partial charge in [-0.25, -0.2) is 4.98 Å². The van der Waals surface area contributed by atoms with Gasteiger partial charge in [0.05, 0.1) is 11.3 Å². The molecule has 0 radical (unpaired) electrons. The molecule has 0 aliphatic heterocycles. The van der Waals surface area contributed by atoms with Gasteiger partial charge in [-0.2, -0.15) is 13.2 Å². The summed E-state index contributed by atoms with van der Waals surface area (Å²) in [7, 11) is 0. The molecule has 124 valence electrons. The highest BCUT2D eigenvalue weighted by atomic mass is 32.1. The van der Waals surface area contributed by atoms with E-state index in [1.807, 2.05) is 13.8 Å². The van der Waals surface area contributed by atoms with E-state index in [1.54, 1.807) is 30.3 Å². The number of fused-ring (bicyclic) bond motifs is 1. The van der Waals surface area contributed by atoms with Crippen LogP contribution in [0.5, 0.6) is 0 Å². The van der Waals surface area contributed by atoms with Crippen molar-refractivity contribution >= 4 is 27.3 Å². The second-order valence-electron chi connectivity index (χ2n) is 5.60. The Labute approximate surface area is 141 Å². The first-order valence-electron chi connectivity index (χ1n) is 7.29. The number of carbonyl (C=O) groups is 1. The predicted molar refractivity (Wildman–Crippen MR) is 89.7 cm³/mol. The Morgan fingerprint density at radius 2 is 1.71 bits per heavy atom. The SMILES string of the molecule is Cc1nc2sc(C)c(C)c2c(-c2ccccc2)c1C(=O)C(F)(F)F. The number of nitrogens with zero attached hydrogens (tertiary/aromatic N) is 1. The zero-order valence-electron chi connectivity index (χ0n) is 13.3. The monoisotopic (exact) mass is 349 g/mol. The smallest absolute Gasteiger partial charge is 0.284 e. The Balaban J connectivity index is 2.49. The van der Waals surface area contributed by atoms with Gasteiger partial charge in [-0.1, -0.05) is 30.3 Å². The van der Waals surface area contributed by atoms with Crippen molar-refractivity contribution < 1.29 is 18.0 Å². The minimum Gasteiger partial charge on any atom is -0.284 e. The van der Waals surface area contributed by atoms with Gasteiger partial charge in [-0.3, -0.25) is 4.79 Å². The number of thiophene rings is 1. The number of pyridine rings is 1. The van der Waals surface area contributed by atoms with Crippen molar-refractivity contribution in [2.75, 3.05) is 0 Å². The molecule has 24 heavy (non-hydrogen) atoms. The first-order valence-corrected chi connectivity index (χ1v) is 8.10. The number of hydrogen-bond donors (Lipinski definition) is 0. The third-order valence-electron chi connectivity index (χ3n) is 4.04. The molecule has 3 aromatic rings. The summed E-state index contributed by atoms with van der Waals surface area (Å²) in [4.78, 5) is 18.0. The van der Waals surface area contributed by atoms with E-state index in [9.17, 15) is 18.0 Å². The van der Waals surface area contributed by atoms with E-state index < -0.39 is 12.0 Å². The van der Waals surface area contributed by atoms with Crippen LogP contribution in [0, 0.1) is 20.8 Å². The molecule has 2 nitrogen and oxygen atoms in total. The predicted octanol–water partition coefficient (Wildman–Crippen LogP) is 5.63. The fraction of sp³-hybridized carbons (Fsp3) is 0.222. The van der Waals surface area contributed by atoms with E-state index in [-0.39, 0.29) is 11.3 Å². The highest BCUT2D eigenvalue weighted by molar-refractivity contribution is 7.18. The first-order chi connectivity index (χ1) is 11.2. The quantitative estimate of drug-likeness (QED) is 0.561. The van der Waals surface area contributed by atoms with Crippen molar-refractivity contribution in [3.05, 3.63) is 52.0 Å². The van der Waals surface area contributed by atoms with Crippen LogP contribution in [0.2, 0.25) is 0 Å². The number of hydrogen-bond acceptors (Lipinski definition) is 3. The zero-order valence-corrected chi connectivity index (χ0v) is 14.1. The molecule has 2 aromatic heterocycles. The summed E-state index contributed by atoms with van der Waals surface area (Å²) in [6.45, 7) is 5.20. The fourth-order valence-electron chi connectivity index (χ4n) is 2.81. The Bertz CT molecular complexity index is 943. The Morgan fingerprint density at radius 3 is 2.29 bits per heavy atom. The molecule has 0 amide bonds. The number of rotatable bonds is 2. The van der Waals surface area contributed by atoms with E-state index in [0.717, 1.165) is 10.4 Å². The molecule has 0 bridgehead atoms. The maximum absolute atomic E-state index is 13.1. The third-order valence-corrected chi connectivity index (χ3v) is 5.15. The van der Waals surface area contributed by atoms with Crippen LogP contribution in [0.15, 0.2) is 30.3 Å². The van der Waals surface area contributed by atoms with Crippen LogP contribution in [0.3, 0.4) is 0 Å². The van der Waals surface area contributed by atoms with Crippen LogP contribution in [0.4, 0.5) is 13.2 Å². The summed E-state index contributed by atoms with van der Waals surface area (Å²) in [5, 5.41) is 0.627. The number of aromatic nitrogens is 1. The van der Waals surface area contributed by atoms with Gasteiger partial charge in [0.25, 0.3) is 5.78 Å². The molecule has 2 heterocycles. The number of ketones is 1. The molecule has 0 saturated carbocycles. The van der Waals surface area contributed by atoms with Gasteiger partial charge < -0.3 is 0 Å². The zero-order chi connectivity index (χ0) is 17.6. The fourth-order valence-corrected chi connectivity index (χ4v) is 3.89. The molecule has 0 aliphatic rings. The van der Waals surface area contributed by atoms with Crippen LogP contribution in [-0.2, 0) is 0 Å². The molecule has 3 rings (SSSR count).